The van der Waals surface area contributed by atoms with Crippen molar-refractivity contribution in [1.29, 1.82) is 0 Å². The number of carbonyl (C=O) groups is 2. The standard InChI is InChI=1S/C30H26N2O5S/c1-37-26-10-5-4-9-25(26)20-11-13-21(14-12-20)29(33)31-15-6-16-32-30(34)28-19-24-17-22-7-2-3-8-23(22)18-27(24)38(28,35)36/h2-5,7-14,17-19H,6,15-16H2,1H3,(H,31,33)(H,32,34). The summed E-state index contributed by atoms with van der Waals surface area (Å²) in [5.41, 5.74) is 2.90. The summed E-state index contributed by atoms with van der Waals surface area (Å²) in [5.74, 6) is -0.125. The highest BCUT2D eigenvalue weighted by Gasteiger charge is 2.34. The van der Waals surface area contributed by atoms with Crippen LogP contribution in [0.25, 0.3) is 28.0 Å². The number of sulfone groups is 1. The fourth-order valence-electron chi connectivity index (χ4n) is 4.47. The van der Waals surface area contributed by atoms with Gasteiger partial charge in [0, 0.05) is 24.2 Å². The lowest BCUT2D eigenvalue weighted by molar-refractivity contribution is -0.116. The van der Waals surface area contributed by atoms with Gasteiger partial charge < -0.3 is 15.4 Å². The number of rotatable bonds is 8. The Hall–Kier alpha value is -4.43. The van der Waals surface area contributed by atoms with E-state index in [1.807, 2.05) is 60.7 Å². The van der Waals surface area contributed by atoms with E-state index in [-0.39, 0.29) is 22.3 Å². The molecule has 0 atom stereocenters. The van der Waals surface area contributed by atoms with E-state index < -0.39 is 15.7 Å². The van der Waals surface area contributed by atoms with Gasteiger partial charge in [0.05, 0.1) is 12.0 Å². The Morgan fingerprint density at radius 2 is 1.42 bits per heavy atom. The number of methoxy groups -OCH3 is 1. The lowest BCUT2D eigenvalue weighted by atomic mass is 10.0. The zero-order valence-electron chi connectivity index (χ0n) is 20.7. The van der Waals surface area contributed by atoms with Gasteiger partial charge in [-0.2, -0.15) is 0 Å². The van der Waals surface area contributed by atoms with Crippen LogP contribution < -0.4 is 15.4 Å². The monoisotopic (exact) mass is 526 g/mol. The summed E-state index contributed by atoms with van der Waals surface area (Å²) < 4.78 is 31.3. The third-order valence-corrected chi connectivity index (χ3v) is 8.27. The second kappa shape index (κ2) is 10.5. The van der Waals surface area contributed by atoms with E-state index in [9.17, 15) is 18.0 Å². The first-order valence-corrected chi connectivity index (χ1v) is 13.7. The van der Waals surface area contributed by atoms with Crippen LogP contribution >= 0.6 is 0 Å². The molecular weight excluding hydrogens is 500 g/mol. The van der Waals surface area contributed by atoms with Crippen molar-refractivity contribution in [3.8, 4) is 16.9 Å². The van der Waals surface area contributed by atoms with Gasteiger partial charge in [-0.3, -0.25) is 9.59 Å². The number of hydrogen-bond acceptors (Lipinski definition) is 5. The first-order valence-electron chi connectivity index (χ1n) is 12.2. The molecule has 0 bridgehead atoms. The summed E-state index contributed by atoms with van der Waals surface area (Å²) >= 11 is 0. The fourth-order valence-corrected chi connectivity index (χ4v) is 6.02. The SMILES string of the molecule is COc1ccccc1-c1ccc(C(=O)NCCCNC(=O)C2=Cc3cc4ccccc4cc3S2(=O)=O)cc1. The van der Waals surface area contributed by atoms with Crippen molar-refractivity contribution in [2.45, 2.75) is 11.3 Å². The van der Waals surface area contributed by atoms with Crippen LogP contribution in [-0.4, -0.2) is 40.4 Å². The Labute approximate surface area is 221 Å². The van der Waals surface area contributed by atoms with Crippen molar-refractivity contribution in [3.05, 3.63) is 101 Å². The molecule has 2 N–H and O–H groups in total. The van der Waals surface area contributed by atoms with E-state index in [0.717, 1.165) is 27.6 Å². The largest absolute Gasteiger partial charge is 0.496 e. The molecule has 0 aliphatic carbocycles. The molecule has 0 saturated carbocycles. The average molecular weight is 527 g/mol. The van der Waals surface area contributed by atoms with Gasteiger partial charge in [-0.15, -0.1) is 0 Å². The number of para-hydroxylation sites is 1. The maximum Gasteiger partial charge on any atom is 0.263 e. The zero-order valence-corrected chi connectivity index (χ0v) is 21.5. The Kier molecular flexibility index (Phi) is 6.98. The Morgan fingerprint density at radius 3 is 2.13 bits per heavy atom. The maximum atomic E-state index is 13.0. The van der Waals surface area contributed by atoms with Crippen molar-refractivity contribution in [3.63, 3.8) is 0 Å². The summed E-state index contributed by atoms with van der Waals surface area (Å²) in [6.07, 6.45) is 1.86. The van der Waals surface area contributed by atoms with Crippen LogP contribution in [0.15, 0.2) is 94.7 Å². The molecule has 0 aromatic heterocycles. The third-order valence-electron chi connectivity index (χ3n) is 6.46. The van der Waals surface area contributed by atoms with E-state index in [2.05, 4.69) is 10.6 Å². The summed E-state index contributed by atoms with van der Waals surface area (Å²) in [5, 5.41) is 7.19. The molecule has 0 unspecified atom stereocenters. The molecule has 4 aromatic rings. The van der Waals surface area contributed by atoms with Gasteiger partial charge in [0.15, 0.2) is 0 Å². The van der Waals surface area contributed by atoms with Crippen molar-refractivity contribution in [2.24, 2.45) is 0 Å². The predicted octanol–water partition coefficient (Wildman–Crippen LogP) is 4.58. The quantitative estimate of drug-likeness (QED) is 0.327. The Balaban J connectivity index is 1.13. The van der Waals surface area contributed by atoms with Gasteiger partial charge in [-0.25, -0.2) is 8.42 Å². The number of benzene rings is 4. The van der Waals surface area contributed by atoms with E-state index in [1.165, 1.54) is 6.08 Å². The minimum absolute atomic E-state index is 0.144. The highest BCUT2D eigenvalue weighted by Crippen LogP contribution is 2.35. The molecule has 7 nitrogen and oxygen atoms in total. The first kappa shape index (κ1) is 25.2. The van der Waals surface area contributed by atoms with E-state index >= 15 is 0 Å². The molecular formula is C30H26N2O5S. The Bertz CT molecular complexity index is 1670. The van der Waals surface area contributed by atoms with Gasteiger partial charge in [0.1, 0.15) is 10.7 Å². The van der Waals surface area contributed by atoms with Gasteiger partial charge in [0.2, 0.25) is 9.84 Å². The van der Waals surface area contributed by atoms with Crippen LogP contribution in [-0.2, 0) is 14.6 Å². The lowest BCUT2D eigenvalue weighted by Crippen LogP contribution is -2.31. The van der Waals surface area contributed by atoms with E-state index in [4.69, 9.17) is 4.74 Å². The van der Waals surface area contributed by atoms with Crippen LogP contribution in [0.4, 0.5) is 0 Å². The maximum absolute atomic E-state index is 13.0. The molecule has 1 aliphatic heterocycles. The van der Waals surface area contributed by atoms with Crippen molar-refractivity contribution < 1.29 is 22.7 Å². The molecule has 5 rings (SSSR count). The Morgan fingerprint density at radius 1 is 0.789 bits per heavy atom. The topological polar surface area (TPSA) is 102 Å². The van der Waals surface area contributed by atoms with Crippen LogP contribution in [0, 0.1) is 0 Å². The van der Waals surface area contributed by atoms with E-state index in [1.54, 1.807) is 31.4 Å². The third kappa shape index (κ3) is 4.90. The van der Waals surface area contributed by atoms with Gasteiger partial charge >= 0.3 is 0 Å². The normalized spacial score (nSPS) is 13.4. The lowest BCUT2D eigenvalue weighted by Gasteiger charge is -2.10. The molecule has 0 spiro atoms. The highest BCUT2D eigenvalue weighted by atomic mass is 32.2. The van der Waals surface area contributed by atoms with Crippen LogP contribution in [0.3, 0.4) is 0 Å². The molecule has 192 valence electrons. The smallest absolute Gasteiger partial charge is 0.263 e. The minimum Gasteiger partial charge on any atom is -0.496 e. The van der Waals surface area contributed by atoms with Crippen molar-refractivity contribution >= 4 is 38.5 Å². The molecule has 0 fully saturated rings. The number of carbonyl (C=O) groups excluding carboxylic acids is 2. The predicted molar refractivity (Wildman–Crippen MR) is 148 cm³/mol. The molecule has 0 saturated heterocycles. The molecule has 4 aromatic carbocycles. The second-order valence-corrected chi connectivity index (χ2v) is 10.8. The zero-order chi connectivity index (χ0) is 26.7. The summed E-state index contributed by atoms with van der Waals surface area (Å²) in [6.45, 7) is 0.543. The molecule has 1 heterocycles. The van der Waals surface area contributed by atoms with Gasteiger partial charge in [-0.1, -0.05) is 54.6 Å². The average Bonchev–Trinajstić information content (AvgIpc) is 3.20. The second-order valence-electron chi connectivity index (χ2n) is 8.89. The highest BCUT2D eigenvalue weighted by molar-refractivity contribution is 7.96. The number of nitrogens with one attached hydrogen (secondary N) is 2. The van der Waals surface area contributed by atoms with Crippen LogP contribution in [0.1, 0.15) is 22.3 Å². The number of fused-ring (bicyclic) bond motifs is 2. The van der Waals surface area contributed by atoms with Crippen molar-refractivity contribution in [2.75, 3.05) is 20.2 Å². The molecule has 8 heteroatoms. The molecule has 2 amide bonds. The van der Waals surface area contributed by atoms with Gasteiger partial charge in [0.25, 0.3) is 11.8 Å². The minimum atomic E-state index is -3.89. The van der Waals surface area contributed by atoms with Crippen molar-refractivity contribution in [1.82, 2.24) is 10.6 Å². The number of ether oxygens (including phenoxy) is 1. The van der Waals surface area contributed by atoms with Crippen LogP contribution in [0.5, 0.6) is 5.75 Å². The molecule has 0 radical (unpaired) electrons. The summed E-state index contributed by atoms with van der Waals surface area (Å²) in [6, 6.07) is 25.7. The number of amides is 2. The van der Waals surface area contributed by atoms with Crippen LogP contribution in [0.2, 0.25) is 0 Å². The molecule has 38 heavy (non-hydrogen) atoms. The number of hydrogen-bond donors (Lipinski definition) is 2. The van der Waals surface area contributed by atoms with Gasteiger partial charge in [-0.05, 0) is 64.7 Å². The van der Waals surface area contributed by atoms with E-state index in [0.29, 0.717) is 24.1 Å². The first-order chi connectivity index (χ1) is 18.4. The summed E-state index contributed by atoms with van der Waals surface area (Å²) in [4.78, 5) is 25.1. The fraction of sp³-hybridized carbons (Fsp3) is 0.133. The summed E-state index contributed by atoms with van der Waals surface area (Å²) in [7, 11) is -2.27. The molecule has 1 aliphatic rings.